The van der Waals surface area contributed by atoms with Crippen molar-refractivity contribution in [2.75, 3.05) is 19.7 Å². The zero-order valence-corrected chi connectivity index (χ0v) is 14.4. The first-order valence-electron chi connectivity index (χ1n) is 8.87. The number of nitrogens with one attached hydrogen (secondary N) is 1. The second kappa shape index (κ2) is 8.74. The van der Waals surface area contributed by atoms with Crippen molar-refractivity contribution in [2.45, 2.75) is 31.8 Å². The van der Waals surface area contributed by atoms with Crippen LogP contribution in [0.15, 0.2) is 48.7 Å². The fraction of sp³-hybridized carbons (Fsp3) is 0.400. The maximum absolute atomic E-state index is 12.4. The highest BCUT2D eigenvalue weighted by molar-refractivity contribution is 5.78. The number of fused-ring (bicyclic) bond motifs is 1. The smallest absolute Gasteiger partial charge is 0.234 e. The largest absolute Gasteiger partial charge is 0.396 e. The van der Waals surface area contributed by atoms with Crippen molar-refractivity contribution < 1.29 is 9.90 Å². The molecule has 2 N–H and O–H groups in total. The Morgan fingerprint density at radius 3 is 2.88 bits per heavy atom. The lowest BCUT2D eigenvalue weighted by atomic mass is 10.1. The van der Waals surface area contributed by atoms with Crippen molar-refractivity contribution in [1.82, 2.24) is 15.2 Å². The molecule has 5 nitrogen and oxygen atoms in total. The van der Waals surface area contributed by atoms with Crippen LogP contribution in [0.2, 0.25) is 0 Å². The van der Waals surface area contributed by atoms with Crippen LogP contribution in [0.3, 0.4) is 0 Å². The minimum Gasteiger partial charge on any atom is -0.396 e. The molecule has 0 unspecified atom stereocenters. The van der Waals surface area contributed by atoms with E-state index in [0.717, 1.165) is 18.5 Å². The molecule has 0 radical (unpaired) electrons. The molecule has 1 aliphatic rings. The average Bonchev–Trinajstić information content (AvgIpc) is 3.08. The van der Waals surface area contributed by atoms with Gasteiger partial charge in [0.25, 0.3) is 0 Å². The third kappa shape index (κ3) is 4.65. The van der Waals surface area contributed by atoms with E-state index >= 15 is 0 Å². The van der Waals surface area contributed by atoms with Crippen LogP contribution in [0.25, 0.3) is 0 Å². The molecule has 0 spiro atoms. The van der Waals surface area contributed by atoms with Crippen molar-refractivity contribution in [3.8, 4) is 0 Å². The van der Waals surface area contributed by atoms with Gasteiger partial charge in [0.2, 0.25) is 5.91 Å². The molecule has 0 saturated carbocycles. The Morgan fingerprint density at radius 2 is 2.08 bits per heavy atom. The van der Waals surface area contributed by atoms with Crippen molar-refractivity contribution in [3.05, 3.63) is 65.5 Å². The topological polar surface area (TPSA) is 65.5 Å². The molecule has 1 amide bonds. The van der Waals surface area contributed by atoms with Gasteiger partial charge in [-0.05, 0) is 42.5 Å². The van der Waals surface area contributed by atoms with Crippen LogP contribution < -0.4 is 5.32 Å². The molecule has 5 heteroatoms. The number of hydrogen-bond donors (Lipinski definition) is 2. The van der Waals surface area contributed by atoms with Gasteiger partial charge in [-0.2, -0.15) is 0 Å². The Hall–Kier alpha value is -2.24. The van der Waals surface area contributed by atoms with E-state index in [1.807, 2.05) is 18.2 Å². The van der Waals surface area contributed by atoms with E-state index in [9.17, 15) is 9.90 Å². The summed E-state index contributed by atoms with van der Waals surface area (Å²) in [5.74, 6) is -0.00651. The van der Waals surface area contributed by atoms with Gasteiger partial charge < -0.3 is 10.4 Å². The van der Waals surface area contributed by atoms with Gasteiger partial charge in [-0.15, -0.1) is 0 Å². The Kier molecular flexibility index (Phi) is 6.14. The van der Waals surface area contributed by atoms with Gasteiger partial charge in [0.15, 0.2) is 0 Å². The molecule has 1 heterocycles. The maximum atomic E-state index is 12.4. The van der Waals surface area contributed by atoms with Crippen LogP contribution in [-0.2, 0) is 17.8 Å². The lowest BCUT2D eigenvalue weighted by Gasteiger charge is -2.29. The predicted molar refractivity (Wildman–Crippen MR) is 96.9 cm³/mol. The van der Waals surface area contributed by atoms with Crippen molar-refractivity contribution in [3.63, 3.8) is 0 Å². The van der Waals surface area contributed by atoms with Crippen LogP contribution in [0.4, 0.5) is 0 Å². The molecule has 1 aromatic heterocycles. The lowest BCUT2D eigenvalue weighted by Crippen LogP contribution is -2.39. The van der Waals surface area contributed by atoms with E-state index in [1.165, 1.54) is 11.1 Å². The maximum Gasteiger partial charge on any atom is 0.234 e. The molecule has 0 fully saturated rings. The van der Waals surface area contributed by atoms with Crippen LogP contribution in [0, 0.1) is 0 Å². The molecule has 2 aromatic rings. The monoisotopic (exact) mass is 339 g/mol. The number of hydrogen-bond acceptors (Lipinski definition) is 4. The van der Waals surface area contributed by atoms with E-state index in [0.29, 0.717) is 26.1 Å². The van der Waals surface area contributed by atoms with Gasteiger partial charge in [-0.1, -0.05) is 30.3 Å². The summed E-state index contributed by atoms with van der Waals surface area (Å²) >= 11 is 0. The summed E-state index contributed by atoms with van der Waals surface area (Å²) < 4.78 is 0. The number of benzene rings is 1. The van der Waals surface area contributed by atoms with Crippen molar-refractivity contribution in [2.24, 2.45) is 0 Å². The molecule has 25 heavy (non-hydrogen) atoms. The van der Waals surface area contributed by atoms with Crippen LogP contribution in [-0.4, -0.2) is 40.6 Å². The highest BCUT2D eigenvalue weighted by Crippen LogP contribution is 2.35. The first kappa shape index (κ1) is 17.6. The summed E-state index contributed by atoms with van der Waals surface area (Å²) in [6.07, 6.45) is 4.47. The van der Waals surface area contributed by atoms with Gasteiger partial charge in [0, 0.05) is 25.4 Å². The van der Waals surface area contributed by atoms with Gasteiger partial charge in [-0.25, -0.2) is 0 Å². The Labute approximate surface area is 148 Å². The van der Waals surface area contributed by atoms with Crippen molar-refractivity contribution in [1.29, 1.82) is 0 Å². The zero-order chi connectivity index (χ0) is 17.5. The van der Waals surface area contributed by atoms with Gasteiger partial charge in [0.1, 0.15) is 0 Å². The number of aliphatic hydroxyl groups excluding tert-OH is 1. The molecular weight excluding hydrogens is 314 g/mol. The average molecular weight is 339 g/mol. The van der Waals surface area contributed by atoms with Gasteiger partial charge >= 0.3 is 0 Å². The van der Waals surface area contributed by atoms with E-state index in [1.54, 1.807) is 6.20 Å². The zero-order valence-electron chi connectivity index (χ0n) is 14.4. The second-order valence-electron chi connectivity index (χ2n) is 6.40. The molecule has 0 aliphatic heterocycles. The molecule has 0 saturated heterocycles. The van der Waals surface area contributed by atoms with Crippen LogP contribution in [0.1, 0.15) is 35.7 Å². The quantitative estimate of drug-likeness (QED) is 0.773. The van der Waals surface area contributed by atoms with Crippen LogP contribution in [0.5, 0.6) is 0 Å². The number of rotatable bonds is 8. The van der Waals surface area contributed by atoms with E-state index in [2.05, 4.69) is 39.5 Å². The molecule has 1 aliphatic carbocycles. The van der Waals surface area contributed by atoms with Crippen LogP contribution >= 0.6 is 0 Å². The number of aromatic nitrogens is 1. The summed E-state index contributed by atoms with van der Waals surface area (Å²) in [4.78, 5) is 18.8. The normalized spacial score (nSPS) is 16.0. The number of aliphatic hydroxyl groups is 1. The Bertz CT molecular complexity index is 690. The summed E-state index contributed by atoms with van der Waals surface area (Å²) in [5.41, 5.74) is 3.54. The second-order valence-corrected chi connectivity index (χ2v) is 6.40. The summed E-state index contributed by atoms with van der Waals surface area (Å²) in [6, 6.07) is 14.4. The molecule has 3 rings (SSSR count). The highest BCUT2D eigenvalue weighted by Gasteiger charge is 2.28. The van der Waals surface area contributed by atoms with E-state index < -0.39 is 0 Å². The predicted octanol–water partition coefficient (Wildman–Crippen LogP) is 2.07. The first-order chi connectivity index (χ1) is 12.3. The Balaban J connectivity index is 1.62. The molecule has 1 atom stereocenters. The summed E-state index contributed by atoms with van der Waals surface area (Å²) in [7, 11) is 0. The van der Waals surface area contributed by atoms with Gasteiger partial charge in [-0.3, -0.25) is 14.7 Å². The van der Waals surface area contributed by atoms with Crippen molar-refractivity contribution >= 4 is 5.91 Å². The molecule has 132 valence electrons. The fourth-order valence-corrected chi connectivity index (χ4v) is 3.47. The number of pyridine rings is 1. The minimum atomic E-state index is -0.00651. The number of carbonyl (C=O) groups excluding carboxylic acids is 1. The lowest BCUT2D eigenvalue weighted by molar-refractivity contribution is -0.123. The third-order valence-electron chi connectivity index (χ3n) is 4.68. The third-order valence-corrected chi connectivity index (χ3v) is 4.68. The number of aryl methyl sites for hydroxylation is 1. The Morgan fingerprint density at radius 1 is 1.24 bits per heavy atom. The van der Waals surface area contributed by atoms with E-state index in [4.69, 9.17) is 0 Å². The molecule has 1 aromatic carbocycles. The summed E-state index contributed by atoms with van der Waals surface area (Å²) in [5, 5.41) is 12.2. The number of carbonyl (C=O) groups is 1. The summed E-state index contributed by atoms with van der Waals surface area (Å²) in [6.45, 7) is 1.63. The number of amides is 1. The van der Waals surface area contributed by atoms with E-state index in [-0.39, 0.29) is 18.6 Å². The minimum absolute atomic E-state index is 0.00651. The highest BCUT2D eigenvalue weighted by atomic mass is 16.3. The molecular formula is C20H25N3O2. The molecule has 0 bridgehead atoms. The standard InChI is InChI=1S/C20H25N3O2/c24-13-5-12-23(19-10-9-16-6-1-2-8-18(16)19)15-20(25)22-14-17-7-3-4-11-21-17/h1-4,6-8,11,19,24H,5,9-10,12-15H2,(H,22,25)/t19-/m0/s1. The number of nitrogens with zero attached hydrogens (tertiary/aromatic N) is 2. The SMILES string of the molecule is O=C(CN(CCCO)[C@H]1CCc2ccccc21)NCc1ccccn1. The first-order valence-corrected chi connectivity index (χ1v) is 8.87. The fourth-order valence-electron chi connectivity index (χ4n) is 3.47. The van der Waals surface area contributed by atoms with Gasteiger partial charge in [0.05, 0.1) is 18.8 Å².